The van der Waals surface area contributed by atoms with Gasteiger partial charge in [-0.25, -0.2) is 4.39 Å². The number of carbonyl (C=O) groups is 4. The molecule has 15 nitrogen and oxygen atoms in total. The van der Waals surface area contributed by atoms with Crippen LogP contribution in [0.15, 0.2) is 28.6 Å². The number of allylic oxidation sites excluding steroid dienone is 1. The van der Waals surface area contributed by atoms with Crippen molar-refractivity contribution in [3.63, 3.8) is 0 Å². The maximum atomic E-state index is 13.0. The number of likely N-dealkylation sites (tertiary alicyclic amines) is 1. The second kappa shape index (κ2) is 12.9. The molecule has 0 spiro atoms. The number of aliphatic carboxylic acids is 1. The molecule has 0 radical (unpaired) electrons. The van der Waals surface area contributed by atoms with E-state index < -0.39 is 41.8 Å². The predicted octanol–water partition coefficient (Wildman–Crippen LogP) is -2.57. The number of halogens is 1. The Labute approximate surface area is 241 Å². The molecule has 2 atom stereocenters. The van der Waals surface area contributed by atoms with Gasteiger partial charge in [0.15, 0.2) is 5.13 Å². The molecule has 0 aromatic carbocycles. The van der Waals surface area contributed by atoms with Crippen LogP contribution in [0.25, 0.3) is 0 Å². The lowest BCUT2D eigenvalue weighted by Gasteiger charge is -2.50. The summed E-state index contributed by atoms with van der Waals surface area (Å²) in [5.41, 5.74) is 10.5. The Morgan fingerprint density at radius 3 is 2.66 bits per heavy atom. The molecule has 4 heterocycles. The van der Waals surface area contributed by atoms with Crippen molar-refractivity contribution in [1.29, 1.82) is 0 Å². The van der Waals surface area contributed by atoms with Crippen LogP contribution in [0.1, 0.15) is 18.7 Å². The fourth-order valence-electron chi connectivity index (χ4n) is 5.10. The van der Waals surface area contributed by atoms with E-state index in [1.807, 2.05) is 0 Å². The molecular formula is C23H29FN8O7S2. The highest BCUT2D eigenvalue weighted by molar-refractivity contribution is 8.00. The van der Waals surface area contributed by atoms with Gasteiger partial charge in [-0.05, 0) is 11.6 Å². The van der Waals surface area contributed by atoms with Crippen LogP contribution in [-0.4, -0.2) is 110 Å². The van der Waals surface area contributed by atoms with E-state index in [-0.39, 0.29) is 40.8 Å². The molecule has 6 N–H and O–H groups in total. The number of alkyl halides is 1. The third kappa shape index (κ3) is 6.50. The Morgan fingerprint density at radius 2 is 2.07 bits per heavy atom. The number of rotatable bonds is 12. The van der Waals surface area contributed by atoms with Gasteiger partial charge in [-0.2, -0.15) is 9.36 Å². The lowest BCUT2D eigenvalue weighted by Crippen LogP contribution is -2.71. The quantitative estimate of drug-likeness (QED) is 0.0830. The highest BCUT2D eigenvalue weighted by atomic mass is 32.2. The molecule has 1 aromatic heterocycles. The average molecular weight is 613 g/mol. The highest BCUT2D eigenvalue weighted by Crippen LogP contribution is 2.40. The molecule has 18 heteroatoms. The Hall–Kier alpha value is -3.61. The van der Waals surface area contributed by atoms with Crippen LogP contribution in [0.4, 0.5) is 9.52 Å². The molecule has 0 unspecified atom stereocenters. The van der Waals surface area contributed by atoms with E-state index in [0.717, 1.165) is 16.4 Å². The number of nitrogens with zero attached hydrogens (tertiary/aromatic N) is 5. The summed E-state index contributed by atoms with van der Waals surface area (Å²) in [7, 11) is 0. The lowest BCUT2D eigenvalue weighted by molar-refractivity contribution is -0.928. The molecule has 3 aliphatic rings. The minimum atomic E-state index is -1.55. The van der Waals surface area contributed by atoms with Gasteiger partial charge in [-0.3, -0.25) is 19.3 Å². The SMILES string of the molecule is NC(=O)C1CC[N+](C/C=C/C2=C(C(=O)[O-])N3C(=O)[C@@H](NC(=O)/C(=N\OCF)c4nsc(N)n4)[C@@H]3SC2)(CCO)CC1. The number of carbonyl (C=O) groups excluding carboxylic acids is 4. The number of hydrogen-bond acceptors (Lipinski definition) is 13. The van der Waals surface area contributed by atoms with E-state index in [2.05, 4.69) is 24.7 Å². The van der Waals surface area contributed by atoms with Crippen LogP contribution in [0.2, 0.25) is 0 Å². The Morgan fingerprint density at radius 1 is 1.34 bits per heavy atom. The maximum absolute atomic E-state index is 13.0. The third-order valence-electron chi connectivity index (χ3n) is 7.24. The van der Waals surface area contributed by atoms with Crippen LogP contribution in [-0.2, 0) is 24.0 Å². The summed E-state index contributed by atoms with van der Waals surface area (Å²) in [4.78, 5) is 58.7. The number of hydrogen-bond donors (Lipinski definition) is 4. The maximum Gasteiger partial charge on any atom is 0.278 e. The summed E-state index contributed by atoms with van der Waals surface area (Å²) >= 11 is 2.01. The van der Waals surface area contributed by atoms with Gasteiger partial charge in [-0.1, -0.05) is 11.2 Å². The zero-order valence-electron chi connectivity index (χ0n) is 21.7. The van der Waals surface area contributed by atoms with Gasteiger partial charge >= 0.3 is 0 Å². The molecule has 0 bridgehead atoms. The van der Waals surface area contributed by atoms with Gasteiger partial charge in [0.25, 0.3) is 18.7 Å². The van der Waals surface area contributed by atoms with Crippen LogP contribution in [0.3, 0.4) is 0 Å². The number of primary amides is 1. The molecule has 41 heavy (non-hydrogen) atoms. The van der Waals surface area contributed by atoms with Crippen molar-refractivity contribution in [3.8, 4) is 0 Å². The first-order valence-electron chi connectivity index (χ1n) is 12.6. The monoisotopic (exact) mass is 612 g/mol. The molecule has 222 valence electrons. The number of carboxylic acids is 1. The number of nitrogens with one attached hydrogen (secondary N) is 1. The largest absolute Gasteiger partial charge is 0.543 e. The fraction of sp³-hybridized carbons (Fsp3) is 0.522. The summed E-state index contributed by atoms with van der Waals surface area (Å²) < 4.78 is 16.9. The number of nitrogen functional groups attached to an aromatic ring is 1. The van der Waals surface area contributed by atoms with E-state index in [9.17, 15) is 33.8 Å². The first-order chi connectivity index (χ1) is 19.6. The number of nitrogens with two attached hydrogens (primary N) is 2. The van der Waals surface area contributed by atoms with Crippen LogP contribution >= 0.6 is 23.3 Å². The molecule has 2 saturated heterocycles. The van der Waals surface area contributed by atoms with Crippen molar-refractivity contribution < 1.29 is 43.1 Å². The summed E-state index contributed by atoms with van der Waals surface area (Å²) in [5.74, 6) is -3.72. The van der Waals surface area contributed by atoms with Gasteiger partial charge in [0.1, 0.15) is 18.0 Å². The number of piperidine rings is 1. The number of thioether (sulfide) groups is 1. The number of aliphatic hydroxyl groups is 1. The summed E-state index contributed by atoms with van der Waals surface area (Å²) in [5, 5.41) is 26.8. The van der Waals surface area contributed by atoms with E-state index in [1.165, 1.54) is 11.8 Å². The molecule has 1 aromatic rings. The van der Waals surface area contributed by atoms with Gasteiger partial charge < -0.3 is 41.1 Å². The number of quaternary nitrogens is 1. The second-order valence-electron chi connectivity index (χ2n) is 9.65. The minimum Gasteiger partial charge on any atom is -0.543 e. The summed E-state index contributed by atoms with van der Waals surface area (Å²) in [6, 6.07) is -1.11. The summed E-state index contributed by atoms with van der Waals surface area (Å²) in [6.07, 6.45) is 4.62. The molecule has 0 aliphatic carbocycles. The average Bonchev–Trinajstić information content (AvgIpc) is 3.37. The Bertz CT molecular complexity index is 1290. The van der Waals surface area contributed by atoms with Crippen LogP contribution in [0.5, 0.6) is 0 Å². The van der Waals surface area contributed by atoms with Gasteiger partial charge in [0, 0.05) is 36.0 Å². The minimum absolute atomic E-state index is 0.0261. The van der Waals surface area contributed by atoms with Crippen molar-refractivity contribution in [1.82, 2.24) is 19.6 Å². The zero-order chi connectivity index (χ0) is 29.7. The fourth-order valence-corrected chi connectivity index (χ4v) is 6.86. The van der Waals surface area contributed by atoms with Crippen molar-refractivity contribution in [2.75, 3.05) is 51.1 Å². The van der Waals surface area contributed by atoms with Gasteiger partial charge in [0.05, 0.1) is 37.9 Å². The Kier molecular flexibility index (Phi) is 9.57. The van der Waals surface area contributed by atoms with Gasteiger partial charge in [-0.15, -0.1) is 11.8 Å². The standard InChI is InChI=1S/C23H29FN8O7S2/c24-11-39-29-14(18-28-23(26)41-30-18)19(35)27-15-20(36)31-16(22(37)38)13(10-40-21(15)31)2-1-5-32(8-9-33)6-3-12(4-7-32)17(25)34/h1-2,12,15,21,33H,3-11H2,(H5-,25,26,27,28,30,34,35,37,38)/b2-1+,29-14-/t12?,15-,21+,32?/m1/s1. The van der Waals surface area contributed by atoms with Crippen molar-refractivity contribution in [2.45, 2.75) is 24.3 Å². The third-order valence-corrected chi connectivity index (χ3v) is 9.09. The van der Waals surface area contributed by atoms with Crippen LogP contribution in [0, 0.1) is 5.92 Å². The number of aromatic nitrogens is 2. The molecule has 2 fully saturated rings. The number of aliphatic hydroxyl groups excluding tert-OH is 1. The number of fused-ring (bicyclic) bond motifs is 1. The number of β-lactam (4-membered cyclic amide) rings is 1. The van der Waals surface area contributed by atoms with Crippen LogP contribution < -0.4 is 21.9 Å². The first-order valence-corrected chi connectivity index (χ1v) is 14.4. The number of amides is 3. The lowest BCUT2D eigenvalue weighted by atomic mass is 9.94. The zero-order valence-corrected chi connectivity index (χ0v) is 23.4. The molecule has 3 aliphatic heterocycles. The van der Waals surface area contributed by atoms with E-state index in [1.54, 1.807) is 12.2 Å². The predicted molar refractivity (Wildman–Crippen MR) is 143 cm³/mol. The molecular weight excluding hydrogens is 583 g/mol. The van der Waals surface area contributed by atoms with Gasteiger partial charge in [0.2, 0.25) is 17.4 Å². The molecule has 4 rings (SSSR count). The van der Waals surface area contributed by atoms with Crippen molar-refractivity contribution in [3.05, 3.63) is 29.2 Å². The topological polar surface area (TPSA) is 226 Å². The number of carboxylic acid groups (broad SMARTS) is 1. The normalized spacial score (nSPS) is 26.5. The summed E-state index contributed by atoms with van der Waals surface area (Å²) in [6.45, 7) is 0.851. The smallest absolute Gasteiger partial charge is 0.278 e. The highest BCUT2D eigenvalue weighted by Gasteiger charge is 2.53. The van der Waals surface area contributed by atoms with E-state index in [0.29, 0.717) is 49.1 Å². The number of anilines is 1. The second-order valence-corrected chi connectivity index (χ2v) is 11.5. The van der Waals surface area contributed by atoms with Crippen molar-refractivity contribution >= 4 is 57.8 Å². The van der Waals surface area contributed by atoms with E-state index >= 15 is 0 Å². The first kappa shape index (κ1) is 30.4. The molecule has 3 amide bonds. The number of oxime groups is 1. The van der Waals surface area contributed by atoms with Crippen molar-refractivity contribution in [2.24, 2.45) is 16.8 Å². The van der Waals surface area contributed by atoms with E-state index in [4.69, 9.17) is 11.5 Å². The Balaban J connectivity index is 1.46. The molecule has 0 saturated carbocycles.